The third kappa shape index (κ3) is 18.0. The molecule has 0 nitrogen and oxygen atoms in total. The fourth-order valence-electron chi connectivity index (χ4n) is 5.45. The molecule has 0 aromatic heterocycles. The van der Waals surface area contributed by atoms with Crippen LogP contribution in [0.2, 0.25) is 13.1 Å². The molecule has 4 aliphatic carbocycles. The van der Waals surface area contributed by atoms with Gasteiger partial charge in [0.1, 0.15) is 0 Å². The van der Waals surface area contributed by atoms with Gasteiger partial charge in [0, 0.05) is 9.52 Å². The van der Waals surface area contributed by atoms with Crippen molar-refractivity contribution < 1.29 is 51.0 Å². The van der Waals surface area contributed by atoms with Gasteiger partial charge in [0.25, 0.3) is 0 Å². The maximum atomic E-state index is 3.39. The molecule has 0 saturated carbocycles. The Morgan fingerprint density at radius 2 is 0.722 bits per heavy atom. The van der Waals surface area contributed by atoms with Crippen LogP contribution in [0.1, 0.15) is 141 Å². The Bertz CT molecular complexity index is 582. The van der Waals surface area contributed by atoms with Crippen LogP contribution in [-0.2, 0) is 26.2 Å². The Kier molecular flexibility index (Phi) is 29.3. The van der Waals surface area contributed by atoms with Gasteiger partial charge < -0.3 is 24.8 Å². The van der Waals surface area contributed by atoms with Crippen molar-refractivity contribution in [2.45, 2.75) is 154 Å². The molecule has 4 aliphatic rings. The molecule has 0 saturated heterocycles. The molecule has 4 heteroatoms. The predicted molar refractivity (Wildman–Crippen MR) is 150 cm³/mol. The zero-order valence-corrected chi connectivity index (χ0v) is 28.7. The Labute approximate surface area is 259 Å². The van der Waals surface area contributed by atoms with E-state index >= 15 is 0 Å². The van der Waals surface area contributed by atoms with Crippen LogP contribution in [-0.4, -0.2) is 9.52 Å². The fourth-order valence-corrected chi connectivity index (χ4v) is 5.45. The summed E-state index contributed by atoms with van der Waals surface area (Å²) in [4.78, 5) is 0. The van der Waals surface area contributed by atoms with Crippen molar-refractivity contribution in [1.82, 2.24) is 0 Å². The number of rotatable bonds is 0. The SMILES string of the molecule is C[SiH]C.[C-]1=CC2=C(C1)CCCCCCCCCC2.[C-]1=CC2=C(C1)CCCCCCCCCC2.[Cl-].[Cl-].[Zr+4]. The quantitative estimate of drug-likeness (QED) is 0.275. The third-order valence-electron chi connectivity index (χ3n) is 7.44. The van der Waals surface area contributed by atoms with Gasteiger partial charge in [-0.15, -0.1) is 12.8 Å². The molecule has 0 bridgehead atoms. The smallest absolute Gasteiger partial charge is 1.00 e. The zero-order valence-electron chi connectivity index (χ0n) is 23.5. The third-order valence-corrected chi connectivity index (χ3v) is 7.44. The van der Waals surface area contributed by atoms with E-state index in [9.17, 15) is 0 Å². The topological polar surface area (TPSA) is 0 Å². The molecular formula is C32H53Cl2SiZr. The van der Waals surface area contributed by atoms with Crippen molar-refractivity contribution in [3.05, 3.63) is 46.6 Å². The summed E-state index contributed by atoms with van der Waals surface area (Å²) in [6.45, 7) is 4.42. The molecule has 0 spiro atoms. The van der Waals surface area contributed by atoms with Crippen molar-refractivity contribution >= 4 is 9.52 Å². The van der Waals surface area contributed by atoms with Crippen LogP contribution in [0.4, 0.5) is 0 Å². The molecule has 0 heterocycles. The molecule has 1 radical (unpaired) electrons. The number of halogens is 2. The summed E-state index contributed by atoms with van der Waals surface area (Å²) in [6, 6.07) is 0. The van der Waals surface area contributed by atoms with Gasteiger partial charge in [-0.25, -0.2) is 12.2 Å². The Morgan fingerprint density at radius 3 is 1.03 bits per heavy atom. The van der Waals surface area contributed by atoms with Crippen molar-refractivity contribution in [1.29, 1.82) is 0 Å². The largest absolute Gasteiger partial charge is 4.00 e. The Morgan fingerprint density at radius 1 is 0.472 bits per heavy atom. The van der Waals surface area contributed by atoms with Crippen LogP contribution < -0.4 is 24.8 Å². The van der Waals surface area contributed by atoms with Crippen LogP contribution >= 0.6 is 0 Å². The number of allylic oxidation sites excluding steroid dienone is 8. The van der Waals surface area contributed by atoms with Gasteiger partial charge in [-0.1, -0.05) is 129 Å². The van der Waals surface area contributed by atoms with E-state index in [0.717, 1.165) is 22.4 Å². The van der Waals surface area contributed by atoms with Gasteiger partial charge in [-0.2, -0.15) is 22.3 Å². The summed E-state index contributed by atoms with van der Waals surface area (Å²) in [7, 11) is 0.750. The summed E-state index contributed by atoms with van der Waals surface area (Å²) in [6.07, 6.45) is 42.0. The zero-order chi connectivity index (χ0) is 23.4. The van der Waals surface area contributed by atoms with E-state index in [1.54, 1.807) is 22.3 Å². The van der Waals surface area contributed by atoms with E-state index < -0.39 is 0 Å². The van der Waals surface area contributed by atoms with Gasteiger partial charge in [-0.05, 0) is 12.8 Å². The van der Waals surface area contributed by atoms with E-state index in [1.165, 1.54) is 128 Å². The molecule has 0 unspecified atom stereocenters. The van der Waals surface area contributed by atoms with E-state index in [2.05, 4.69) is 37.4 Å². The van der Waals surface area contributed by atoms with Crippen LogP contribution in [0.5, 0.6) is 0 Å². The number of hydrogen-bond acceptors (Lipinski definition) is 0. The van der Waals surface area contributed by atoms with Crippen molar-refractivity contribution in [3.8, 4) is 0 Å². The van der Waals surface area contributed by atoms with E-state index in [1.807, 2.05) is 0 Å². The molecule has 0 fully saturated rings. The molecule has 0 aromatic carbocycles. The maximum absolute atomic E-state index is 3.39. The van der Waals surface area contributed by atoms with Gasteiger partial charge in [-0.3, -0.25) is 12.2 Å². The molecule has 0 amide bonds. The van der Waals surface area contributed by atoms with Crippen molar-refractivity contribution in [2.75, 3.05) is 0 Å². The Hall–Kier alpha value is 0.640. The molecule has 0 aromatic rings. The van der Waals surface area contributed by atoms with E-state index in [4.69, 9.17) is 0 Å². The summed E-state index contributed by atoms with van der Waals surface area (Å²) in [5.74, 6) is 0. The standard InChI is InChI=1S/2C15H23.C2H7Si.2ClH.Zr/c2*1-2-4-6-8-11-15-13-9-12-14(15)10-7-5-3-1;1-3-2;;;/h2*12H,1-8,10-11,13H2;3H,1-2H3;2*1H;/q2*-1;;;;+4/p-2. The second kappa shape index (κ2) is 27.2. The van der Waals surface area contributed by atoms with Crippen LogP contribution in [0.15, 0.2) is 34.4 Å². The average Bonchev–Trinajstić information content (AvgIpc) is 3.44. The molecule has 0 aliphatic heterocycles. The number of hydrogen-bond donors (Lipinski definition) is 0. The fraction of sp³-hybridized carbons (Fsp3) is 0.750. The van der Waals surface area contributed by atoms with Gasteiger partial charge in [0.05, 0.1) is 0 Å². The minimum Gasteiger partial charge on any atom is -1.00 e. The molecule has 0 atom stereocenters. The van der Waals surface area contributed by atoms with Crippen LogP contribution in [0, 0.1) is 12.2 Å². The molecule has 0 N–H and O–H groups in total. The van der Waals surface area contributed by atoms with E-state index in [0.29, 0.717) is 0 Å². The molecule has 203 valence electrons. The van der Waals surface area contributed by atoms with Crippen molar-refractivity contribution in [3.63, 3.8) is 0 Å². The monoisotopic (exact) mass is 625 g/mol. The van der Waals surface area contributed by atoms with Crippen molar-refractivity contribution in [2.24, 2.45) is 0 Å². The second-order valence-electron chi connectivity index (χ2n) is 10.5. The minimum absolute atomic E-state index is 0. The van der Waals surface area contributed by atoms with Gasteiger partial charge in [0.2, 0.25) is 0 Å². The summed E-state index contributed by atoms with van der Waals surface area (Å²) < 4.78 is 0. The maximum Gasteiger partial charge on any atom is 4.00 e. The first kappa shape index (κ1) is 38.8. The van der Waals surface area contributed by atoms with Gasteiger partial charge >= 0.3 is 26.2 Å². The van der Waals surface area contributed by atoms with Gasteiger partial charge in [0.15, 0.2) is 0 Å². The average molecular weight is 628 g/mol. The normalized spacial score (nSPS) is 20.9. The summed E-state index contributed by atoms with van der Waals surface area (Å²) in [5.41, 5.74) is 6.68. The molecule has 4 rings (SSSR count). The predicted octanol–water partition coefficient (Wildman–Crippen LogP) is 4.45. The first-order valence-corrected chi connectivity index (χ1v) is 16.9. The summed E-state index contributed by atoms with van der Waals surface area (Å²) >= 11 is 0. The van der Waals surface area contributed by atoms with Crippen LogP contribution in [0.3, 0.4) is 0 Å². The first-order chi connectivity index (χ1) is 16.3. The Balaban J connectivity index is 0. The van der Waals surface area contributed by atoms with Crippen LogP contribution in [0.25, 0.3) is 0 Å². The first-order valence-electron chi connectivity index (χ1n) is 14.6. The molecule has 36 heavy (non-hydrogen) atoms. The van der Waals surface area contributed by atoms with E-state index in [-0.39, 0.29) is 51.0 Å². The summed E-state index contributed by atoms with van der Waals surface area (Å²) in [5, 5.41) is 0. The molecular weight excluding hydrogens is 575 g/mol. The second-order valence-corrected chi connectivity index (χ2v) is 11.7. The minimum atomic E-state index is 0.